The number of halogens is 3. The van der Waals surface area contributed by atoms with E-state index in [4.69, 9.17) is 0 Å². The molecule has 0 N–H and O–H groups in total. The smallest absolute Gasteiger partial charge is 0.369 e. The Kier molecular flexibility index (Phi) is 5.54. The van der Waals surface area contributed by atoms with E-state index in [0.29, 0.717) is 5.69 Å². The van der Waals surface area contributed by atoms with Gasteiger partial charge in [-0.15, -0.1) is 0 Å². The highest BCUT2D eigenvalue weighted by Gasteiger charge is 2.33. The minimum Gasteiger partial charge on any atom is -0.369 e. The zero-order valence-electron chi connectivity index (χ0n) is 15.4. The molecule has 7 nitrogen and oxygen atoms in total. The number of sulfonamides is 1. The van der Waals surface area contributed by atoms with Crippen molar-refractivity contribution < 1.29 is 26.5 Å². The van der Waals surface area contributed by atoms with Gasteiger partial charge in [-0.1, -0.05) is 12.1 Å². The Bertz CT molecular complexity index is 1030. The van der Waals surface area contributed by atoms with Crippen molar-refractivity contribution in [2.75, 3.05) is 31.1 Å². The van der Waals surface area contributed by atoms with Crippen LogP contribution in [0.3, 0.4) is 0 Å². The molecule has 156 valence electrons. The van der Waals surface area contributed by atoms with E-state index in [0.717, 1.165) is 12.1 Å². The summed E-state index contributed by atoms with van der Waals surface area (Å²) in [4.78, 5) is 12.0. The van der Waals surface area contributed by atoms with E-state index in [1.54, 1.807) is 11.0 Å². The molecule has 0 aliphatic carbocycles. The Morgan fingerprint density at radius 1 is 1.03 bits per heavy atom. The van der Waals surface area contributed by atoms with E-state index in [1.807, 2.05) is 0 Å². The number of anilines is 1. The van der Waals surface area contributed by atoms with Gasteiger partial charge in [0.2, 0.25) is 10.0 Å². The van der Waals surface area contributed by atoms with Crippen molar-refractivity contribution in [3.63, 3.8) is 0 Å². The van der Waals surface area contributed by atoms with Gasteiger partial charge < -0.3 is 4.90 Å². The summed E-state index contributed by atoms with van der Waals surface area (Å²) in [7, 11) is -3.96. The van der Waals surface area contributed by atoms with E-state index in [9.17, 15) is 31.7 Å². The Labute approximate surface area is 165 Å². The largest absolute Gasteiger partial charge is 0.416 e. The third-order valence-corrected chi connectivity index (χ3v) is 6.89. The van der Waals surface area contributed by atoms with Gasteiger partial charge in [-0.3, -0.25) is 10.1 Å². The molecule has 0 aromatic heterocycles. The highest BCUT2D eigenvalue weighted by atomic mass is 32.2. The second-order valence-electron chi connectivity index (χ2n) is 6.60. The number of hydrogen-bond donors (Lipinski definition) is 0. The molecule has 2 aromatic carbocycles. The van der Waals surface area contributed by atoms with Crippen molar-refractivity contribution in [3.8, 4) is 0 Å². The van der Waals surface area contributed by atoms with E-state index in [2.05, 4.69) is 0 Å². The second-order valence-corrected chi connectivity index (χ2v) is 8.50. The van der Waals surface area contributed by atoms with E-state index in [1.165, 1.54) is 35.5 Å². The van der Waals surface area contributed by atoms with Gasteiger partial charge in [-0.25, -0.2) is 8.42 Å². The van der Waals surface area contributed by atoms with Crippen molar-refractivity contribution in [1.29, 1.82) is 0 Å². The van der Waals surface area contributed by atoms with Gasteiger partial charge in [-0.05, 0) is 31.2 Å². The third kappa shape index (κ3) is 4.20. The maximum Gasteiger partial charge on any atom is 0.416 e. The first kappa shape index (κ1) is 21.1. The Balaban J connectivity index is 1.79. The highest BCUT2D eigenvalue weighted by Crippen LogP contribution is 2.32. The van der Waals surface area contributed by atoms with Crippen molar-refractivity contribution in [2.24, 2.45) is 0 Å². The molecule has 1 saturated heterocycles. The van der Waals surface area contributed by atoms with Gasteiger partial charge in [-0.2, -0.15) is 17.5 Å². The zero-order chi connectivity index (χ0) is 21.4. The highest BCUT2D eigenvalue weighted by molar-refractivity contribution is 7.89. The van der Waals surface area contributed by atoms with Crippen molar-refractivity contribution in [2.45, 2.75) is 18.0 Å². The average Bonchev–Trinajstić information content (AvgIpc) is 2.67. The van der Waals surface area contributed by atoms with Gasteiger partial charge in [0.1, 0.15) is 0 Å². The average molecular weight is 429 g/mol. The van der Waals surface area contributed by atoms with Crippen molar-refractivity contribution in [3.05, 3.63) is 63.7 Å². The first-order valence-electron chi connectivity index (χ1n) is 8.68. The van der Waals surface area contributed by atoms with Gasteiger partial charge in [0.15, 0.2) is 0 Å². The molecule has 29 heavy (non-hydrogen) atoms. The molecular weight excluding hydrogens is 411 g/mol. The van der Waals surface area contributed by atoms with Crippen LogP contribution in [0.25, 0.3) is 0 Å². The molecule has 0 bridgehead atoms. The van der Waals surface area contributed by atoms with Gasteiger partial charge in [0.05, 0.1) is 15.4 Å². The maximum atomic E-state index is 12.9. The normalized spacial score (nSPS) is 16.1. The Morgan fingerprint density at radius 2 is 1.66 bits per heavy atom. The number of nitro benzene ring substituents is 1. The van der Waals surface area contributed by atoms with Gasteiger partial charge in [0, 0.05) is 43.5 Å². The summed E-state index contributed by atoms with van der Waals surface area (Å²) in [5, 5.41) is 11.1. The quantitative estimate of drug-likeness (QED) is 0.549. The fourth-order valence-corrected chi connectivity index (χ4v) is 4.95. The monoisotopic (exact) mass is 429 g/mol. The number of benzene rings is 2. The summed E-state index contributed by atoms with van der Waals surface area (Å²) in [6.07, 6.45) is -4.46. The van der Waals surface area contributed by atoms with Crippen molar-refractivity contribution >= 4 is 21.4 Å². The predicted octanol–water partition coefficient (Wildman–Crippen LogP) is 3.43. The number of rotatable bonds is 4. The first-order chi connectivity index (χ1) is 13.5. The number of hydrogen-bond acceptors (Lipinski definition) is 5. The molecule has 1 aliphatic heterocycles. The molecule has 0 radical (unpaired) electrons. The molecular formula is C18H18F3N3O4S. The summed E-state index contributed by atoms with van der Waals surface area (Å²) < 4.78 is 65.8. The summed E-state index contributed by atoms with van der Waals surface area (Å²) in [5.74, 6) is 0. The third-order valence-electron chi connectivity index (χ3n) is 4.85. The molecule has 0 spiro atoms. The molecule has 0 atom stereocenters. The van der Waals surface area contributed by atoms with Gasteiger partial charge >= 0.3 is 6.18 Å². The molecule has 0 saturated carbocycles. The van der Waals surface area contributed by atoms with Crippen LogP contribution in [0, 0.1) is 17.0 Å². The predicted molar refractivity (Wildman–Crippen MR) is 100 cm³/mol. The van der Waals surface area contributed by atoms with E-state index in [-0.39, 0.29) is 42.3 Å². The number of nitro groups is 1. The van der Waals surface area contributed by atoms with Crippen LogP contribution in [0.4, 0.5) is 24.5 Å². The number of alkyl halides is 3. The van der Waals surface area contributed by atoms with E-state index >= 15 is 0 Å². The molecule has 1 aliphatic rings. The summed E-state index contributed by atoms with van der Waals surface area (Å²) >= 11 is 0. The Hall–Kier alpha value is -2.66. The van der Waals surface area contributed by atoms with Crippen LogP contribution in [-0.4, -0.2) is 43.8 Å². The van der Waals surface area contributed by atoms with Gasteiger partial charge in [0.25, 0.3) is 5.69 Å². The van der Waals surface area contributed by atoms with Crippen LogP contribution < -0.4 is 4.90 Å². The van der Waals surface area contributed by atoms with Crippen LogP contribution >= 0.6 is 0 Å². The standard InChI is InChI=1S/C18H18F3N3O4S/c1-13-16(24(25)26)6-3-7-17(13)29(27,28)23-10-8-22(9-11-23)15-5-2-4-14(12-15)18(19,20)21/h2-7,12H,8-11H2,1H3. The zero-order valence-corrected chi connectivity index (χ0v) is 16.2. The molecule has 2 aromatic rings. The summed E-state index contributed by atoms with van der Waals surface area (Å²) in [6, 6.07) is 8.75. The lowest BCUT2D eigenvalue weighted by Gasteiger charge is -2.35. The maximum absolute atomic E-state index is 12.9. The van der Waals surface area contributed by atoms with Crippen LogP contribution in [0.1, 0.15) is 11.1 Å². The van der Waals surface area contributed by atoms with Crippen LogP contribution in [-0.2, 0) is 16.2 Å². The topological polar surface area (TPSA) is 83.8 Å². The molecule has 1 fully saturated rings. The van der Waals surface area contributed by atoms with Crippen LogP contribution in [0.2, 0.25) is 0 Å². The minimum atomic E-state index is -4.46. The lowest BCUT2D eigenvalue weighted by Crippen LogP contribution is -2.48. The molecule has 0 unspecified atom stereocenters. The Morgan fingerprint density at radius 3 is 2.24 bits per heavy atom. The lowest BCUT2D eigenvalue weighted by molar-refractivity contribution is -0.385. The van der Waals surface area contributed by atoms with Crippen LogP contribution in [0.5, 0.6) is 0 Å². The second kappa shape index (κ2) is 7.64. The van der Waals surface area contributed by atoms with Crippen LogP contribution in [0.15, 0.2) is 47.4 Å². The number of piperazine rings is 1. The summed E-state index contributed by atoms with van der Waals surface area (Å²) in [6.45, 7) is 1.90. The molecule has 11 heteroatoms. The van der Waals surface area contributed by atoms with E-state index < -0.39 is 26.7 Å². The van der Waals surface area contributed by atoms with Crippen molar-refractivity contribution in [1.82, 2.24) is 4.31 Å². The fourth-order valence-electron chi connectivity index (χ4n) is 3.28. The molecule has 0 amide bonds. The number of nitrogens with zero attached hydrogens (tertiary/aromatic N) is 3. The molecule has 1 heterocycles. The summed E-state index contributed by atoms with van der Waals surface area (Å²) in [5.41, 5.74) is -0.632. The SMILES string of the molecule is Cc1c([N+](=O)[O-])cccc1S(=O)(=O)N1CCN(c2cccc(C(F)(F)F)c2)CC1. The molecule has 3 rings (SSSR count). The first-order valence-corrected chi connectivity index (χ1v) is 10.1. The fraction of sp³-hybridized carbons (Fsp3) is 0.333. The minimum absolute atomic E-state index is 0.0535. The lowest BCUT2D eigenvalue weighted by atomic mass is 10.1.